The van der Waals surface area contributed by atoms with Crippen molar-refractivity contribution < 1.29 is 13.2 Å². The number of carbonyl (C=O) groups is 1. The monoisotopic (exact) mass is 336 g/mol. The quantitative estimate of drug-likeness (QED) is 0.892. The number of rotatable bonds is 5. The van der Waals surface area contributed by atoms with Crippen LogP contribution in [-0.2, 0) is 16.6 Å². The normalized spacial score (nSPS) is 11.3. The fourth-order valence-corrected chi connectivity index (χ4v) is 3.07. The highest BCUT2D eigenvalue weighted by atomic mass is 32.2. The number of benzene rings is 1. The molecule has 1 amide bonds. The van der Waals surface area contributed by atoms with Gasteiger partial charge in [-0.25, -0.2) is 9.71 Å². The molecule has 7 nitrogen and oxygen atoms in total. The van der Waals surface area contributed by atoms with Crippen LogP contribution in [0.3, 0.4) is 0 Å². The molecule has 0 bridgehead atoms. The van der Waals surface area contributed by atoms with Crippen LogP contribution in [0.2, 0.25) is 0 Å². The van der Waals surface area contributed by atoms with Crippen molar-refractivity contribution in [3.63, 3.8) is 0 Å². The van der Waals surface area contributed by atoms with Crippen molar-refractivity contribution >= 4 is 21.6 Å². The number of hydrogen-bond donors (Lipinski definition) is 1. The zero-order valence-electron chi connectivity index (χ0n) is 13.6. The van der Waals surface area contributed by atoms with E-state index in [1.54, 1.807) is 29.7 Å². The summed E-state index contributed by atoms with van der Waals surface area (Å²) in [5.74, 6) is -0.104. The van der Waals surface area contributed by atoms with Crippen LogP contribution >= 0.6 is 0 Å². The topological polar surface area (TPSA) is 84.3 Å². The molecule has 0 atom stereocenters. The van der Waals surface area contributed by atoms with Crippen LogP contribution in [0.4, 0.5) is 5.69 Å². The number of aryl methyl sites for hydroxylation is 2. The van der Waals surface area contributed by atoms with E-state index in [0.717, 1.165) is 5.69 Å². The Hall–Kier alpha value is -2.35. The molecule has 1 N–H and O–H groups in total. The van der Waals surface area contributed by atoms with Gasteiger partial charge in [-0.2, -0.15) is 8.42 Å². The summed E-state index contributed by atoms with van der Waals surface area (Å²) < 4.78 is 28.4. The summed E-state index contributed by atoms with van der Waals surface area (Å²) in [6, 6.07) is 6.72. The van der Waals surface area contributed by atoms with Crippen LogP contribution < -0.4 is 9.62 Å². The van der Waals surface area contributed by atoms with Gasteiger partial charge in [-0.1, -0.05) is 6.07 Å². The molecule has 0 spiro atoms. The summed E-state index contributed by atoms with van der Waals surface area (Å²) in [4.78, 5) is 18.1. The predicted molar refractivity (Wildman–Crippen MR) is 88.1 cm³/mol. The van der Waals surface area contributed by atoms with Crippen LogP contribution in [0.5, 0.6) is 0 Å². The summed E-state index contributed by atoms with van der Waals surface area (Å²) in [6.45, 7) is 4.20. The van der Waals surface area contributed by atoms with Crippen molar-refractivity contribution in [2.24, 2.45) is 0 Å². The van der Waals surface area contributed by atoms with E-state index in [1.807, 2.05) is 32.0 Å². The maximum absolute atomic E-state index is 12.3. The summed E-state index contributed by atoms with van der Waals surface area (Å²) >= 11 is 0. The first-order valence-electron chi connectivity index (χ1n) is 7.13. The third-order valence-electron chi connectivity index (χ3n) is 3.42. The molecule has 1 aromatic heterocycles. The molecule has 1 aromatic carbocycles. The van der Waals surface area contributed by atoms with Crippen LogP contribution in [-0.4, -0.2) is 38.0 Å². The number of amides is 1. The Morgan fingerprint density at radius 3 is 2.61 bits per heavy atom. The number of imidazole rings is 1. The number of anilines is 1. The maximum atomic E-state index is 12.3. The van der Waals surface area contributed by atoms with Crippen LogP contribution in [0.1, 0.15) is 23.1 Å². The molecular weight excluding hydrogens is 316 g/mol. The zero-order valence-corrected chi connectivity index (χ0v) is 14.4. The average molecular weight is 336 g/mol. The third-order valence-corrected chi connectivity index (χ3v) is 4.62. The lowest BCUT2D eigenvalue weighted by molar-refractivity contribution is 0.0981. The molecule has 0 aliphatic rings. The van der Waals surface area contributed by atoms with Crippen molar-refractivity contribution in [1.29, 1.82) is 0 Å². The fourth-order valence-electron chi connectivity index (χ4n) is 2.09. The molecule has 0 radical (unpaired) electrons. The van der Waals surface area contributed by atoms with Gasteiger partial charge in [-0.05, 0) is 32.0 Å². The van der Waals surface area contributed by atoms with Crippen LogP contribution in [0.15, 0.2) is 35.5 Å². The van der Waals surface area contributed by atoms with Gasteiger partial charge in [0.25, 0.3) is 15.9 Å². The van der Waals surface area contributed by atoms with Gasteiger partial charge in [0.05, 0.1) is 0 Å². The summed E-state index contributed by atoms with van der Waals surface area (Å²) in [5.41, 5.74) is 1.08. The number of nitrogens with one attached hydrogen (secondary N) is 1. The Balaban J connectivity index is 2.26. The lowest BCUT2D eigenvalue weighted by atomic mass is 10.2. The molecule has 23 heavy (non-hydrogen) atoms. The third kappa shape index (κ3) is 3.70. The predicted octanol–water partition coefficient (Wildman–Crippen LogP) is 1.40. The van der Waals surface area contributed by atoms with Gasteiger partial charge in [0.2, 0.25) is 0 Å². The van der Waals surface area contributed by atoms with E-state index in [1.165, 1.54) is 6.20 Å². The van der Waals surface area contributed by atoms with Gasteiger partial charge < -0.3 is 9.47 Å². The minimum atomic E-state index is -4.00. The minimum absolute atomic E-state index is 0.158. The minimum Gasteiger partial charge on any atom is -0.378 e. The van der Waals surface area contributed by atoms with Crippen molar-refractivity contribution in [3.8, 4) is 0 Å². The van der Waals surface area contributed by atoms with E-state index in [4.69, 9.17) is 0 Å². The van der Waals surface area contributed by atoms with Gasteiger partial charge in [-0.3, -0.25) is 4.79 Å². The highest BCUT2D eigenvalue weighted by molar-refractivity contribution is 7.90. The first-order chi connectivity index (χ1) is 10.7. The Kier molecular flexibility index (Phi) is 4.74. The van der Waals surface area contributed by atoms with Crippen LogP contribution in [0, 0.1) is 6.92 Å². The van der Waals surface area contributed by atoms with Crippen LogP contribution in [0.25, 0.3) is 0 Å². The summed E-state index contributed by atoms with van der Waals surface area (Å²) in [6.07, 6.45) is 1.42. The lowest BCUT2D eigenvalue weighted by Gasteiger charge is -2.13. The van der Waals surface area contributed by atoms with E-state index in [9.17, 15) is 13.2 Å². The van der Waals surface area contributed by atoms with E-state index in [0.29, 0.717) is 12.4 Å². The largest absolute Gasteiger partial charge is 0.378 e. The second-order valence-corrected chi connectivity index (χ2v) is 6.92. The molecule has 0 fully saturated rings. The first-order valence-corrected chi connectivity index (χ1v) is 8.61. The summed E-state index contributed by atoms with van der Waals surface area (Å²) in [7, 11) is -0.315. The Morgan fingerprint density at radius 1 is 1.35 bits per heavy atom. The Morgan fingerprint density at radius 2 is 2.04 bits per heavy atom. The second kappa shape index (κ2) is 6.41. The van der Waals surface area contributed by atoms with Crippen molar-refractivity contribution in [2.75, 3.05) is 19.0 Å². The smallest absolute Gasteiger partial charge is 0.283 e. The van der Waals surface area contributed by atoms with Gasteiger partial charge in [0.15, 0.2) is 5.03 Å². The SMILES string of the molecule is CCn1cc(S(=O)(=O)NC(=O)c2cccc(N(C)C)c2)nc1C. The zero-order chi connectivity index (χ0) is 17.2. The molecule has 0 aliphatic carbocycles. The highest BCUT2D eigenvalue weighted by Gasteiger charge is 2.22. The van der Waals surface area contributed by atoms with E-state index in [-0.39, 0.29) is 10.6 Å². The number of carbonyl (C=O) groups excluding carboxylic acids is 1. The van der Waals surface area contributed by atoms with Gasteiger partial charge in [-0.15, -0.1) is 0 Å². The Labute approximate surface area is 136 Å². The Bertz CT molecular complexity index is 825. The molecule has 0 saturated carbocycles. The molecule has 2 rings (SSSR count). The van der Waals surface area contributed by atoms with Gasteiger partial charge >= 0.3 is 0 Å². The molecule has 2 aromatic rings. The van der Waals surface area contributed by atoms with E-state index in [2.05, 4.69) is 9.71 Å². The first kappa shape index (κ1) is 17.0. The maximum Gasteiger partial charge on any atom is 0.283 e. The molecule has 8 heteroatoms. The molecule has 0 aliphatic heterocycles. The molecular formula is C15H20N4O3S. The molecule has 0 saturated heterocycles. The second-order valence-electron chi connectivity index (χ2n) is 5.29. The number of nitrogens with zero attached hydrogens (tertiary/aromatic N) is 3. The number of sulfonamides is 1. The lowest BCUT2D eigenvalue weighted by Crippen LogP contribution is -2.31. The number of aromatic nitrogens is 2. The van der Waals surface area contributed by atoms with Crippen molar-refractivity contribution in [2.45, 2.75) is 25.4 Å². The average Bonchev–Trinajstić information content (AvgIpc) is 2.89. The van der Waals surface area contributed by atoms with Gasteiger partial charge in [0, 0.05) is 38.1 Å². The number of hydrogen-bond acceptors (Lipinski definition) is 5. The van der Waals surface area contributed by atoms with E-state index < -0.39 is 15.9 Å². The van der Waals surface area contributed by atoms with Gasteiger partial charge in [0.1, 0.15) is 5.82 Å². The molecule has 124 valence electrons. The highest BCUT2D eigenvalue weighted by Crippen LogP contribution is 2.15. The van der Waals surface area contributed by atoms with Crippen molar-refractivity contribution in [1.82, 2.24) is 14.3 Å². The fraction of sp³-hybridized carbons (Fsp3) is 0.333. The van der Waals surface area contributed by atoms with E-state index >= 15 is 0 Å². The summed E-state index contributed by atoms with van der Waals surface area (Å²) in [5, 5.41) is -0.158. The molecule has 0 unspecified atom stereocenters. The van der Waals surface area contributed by atoms with Crippen molar-refractivity contribution in [3.05, 3.63) is 41.9 Å². The standard InChI is InChI=1S/C15H20N4O3S/c1-5-19-10-14(16-11(19)2)23(21,22)17-15(20)12-7-6-8-13(9-12)18(3)4/h6-10H,5H2,1-4H3,(H,17,20). The molecule has 1 heterocycles.